The lowest BCUT2D eigenvalue weighted by Crippen LogP contribution is -2.37. The highest BCUT2D eigenvalue weighted by Gasteiger charge is 2.35. The Kier molecular flexibility index (Phi) is 5.24. The van der Waals surface area contributed by atoms with Crippen molar-refractivity contribution < 1.29 is 4.79 Å². The Morgan fingerprint density at radius 3 is 2.62 bits per heavy atom. The van der Waals surface area contributed by atoms with Gasteiger partial charge in [0, 0.05) is 10.9 Å². The van der Waals surface area contributed by atoms with Crippen LogP contribution in [0.3, 0.4) is 0 Å². The maximum Gasteiger partial charge on any atom is 0.254 e. The fourth-order valence-electron chi connectivity index (χ4n) is 4.32. The van der Waals surface area contributed by atoms with Crippen molar-refractivity contribution in [2.24, 2.45) is 11.3 Å². The number of nitrogens with one attached hydrogen (secondary N) is 1. The van der Waals surface area contributed by atoms with Crippen LogP contribution >= 0.6 is 11.3 Å². The van der Waals surface area contributed by atoms with Gasteiger partial charge in [0.05, 0.1) is 10.6 Å². The summed E-state index contributed by atoms with van der Waals surface area (Å²) >= 11 is 1.65. The second-order valence-electron chi connectivity index (χ2n) is 8.33. The average molecular weight is 349 g/mol. The molecule has 1 aromatic heterocycles. The number of nitrogen functional groups attached to an aromatic ring is 1. The van der Waals surface area contributed by atoms with E-state index in [1.807, 2.05) is 0 Å². The standard InChI is InChI=1S/C20H32N2OS/c1-4-20(2,3)13-10-11-15-16(12-13)24-18(21)17(15)19(23)22-14-8-6-5-7-9-14/h13-14H,4-12,21H2,1-3H3,(H,22,23)/t13-/m1/s1. The summed E-state index contributed by atoms with van der Waals surface area (Å²) in [4.78, 5) is 14.2. The topological polar surface area (TPSA) is 55.1 Å². The molecule has 0 aromatic carbocycles. The SMILES string of the molecule is CCC(C)(C)[C@@H]1CCc2c(sc(N)c2C(=O)NC2CCCCC2)C1. The summed E-state index contributed by atoms with van der Waals surface area (Å²) in [5, 5.41) is 3.98. The average Bonchev–Trinajstić information content (AvgIpc) is 2.90. The summed E-state index contributed by atoms with van der Waals surface area (Å²) in [6, 6.07) is 0.344. The van der Waals surface area contributed by atoms with Crippen LogP contribution < -0.4 is 11.1 Å². The number of amides is 1. The first-order chi connectivity index (χ1) is 11.4. The number of rotatable bonds is 4. The highest BCUT2D eigenvalue weighted by atomic mass is 32.1. The van der Waals surface area contributed by atoms with Crippen LogP contribution in [0, 0.1) is 11.3 Å². The van der Waals surface area contributed by atoms with Crippen LogP contribution in [0.1, 0.15) is 86.5 Å². The van der Waals surface area contributed by atoms with E-state index in [1.165, 1.54) is 42.5 Å². The van der Waals surface area contributed by atoms with E-state index in [9.17, 15) is 4.79 Å². The van der Waals surface area contributed by atoms with E-state index in [2.05, 4.69) is 26.1 Å². The van der Waals surface area contributed by atoms with Gasteiger partial charge in [-0.2, -0.15) is 0 Å². The maximum atomic E-state index is 12.8. The first-order valence-corrected chi connectivity index (χ1v) is 10.4. The van der Waals surface area contributed by atoms with E-state index in [4.69, 9.17) is 5.73 Å². The monoisotopic (exact) mass is 348 g/mol. The molecule has 1 saturated carbocycles. The van der Waals surface area contributed by atoms with Crippen LogP contribution in [0.15, 0.2) is 0 Å². The van der Waals surface area contributed by atoms with Crippen molar-refractivity contribution in [3.63, 3.8) is 0 Å². The second-order valence-corrected chi connectivity index (χ2v) is 9.47. The smallest absolute Gasteiger partial charge is 0.254 e. The first kappa shape index (κ1) is 17.8. The van der Waals surface area contributed by atoms with Crippen LogP contribution in [0.25, 0.3) is 0 Å². The minimum Gasteiger partial charge on any atom is -0.390 e. The number of thiophene rings is 1. The van der Waals surface area contributed by atoms with Crippen LogP contribution in [0.4, 0.5) is 5.00 Å². The van der Waals surface area contributed by atoms with Gasteiger partial charge in [-0.1, -0.05) is 46.5 Å². The fraction of sp³-hybridized carbons (Fsp3) is 0.750. The van der Waals surface area contributed by atoms with Crippen LogP contribution in [-0.2, 0) is 12.8 Å². The van der Waals surface area contributed by atoms with Crippen LogP contribution in [0.5, 0.6) is 0 Å². The molecule has 2 aliphatic rings. The van der Waals surface area contributed by atoms with Gasteiger partial charge in [0.1, 0.15) is 0 Å². The van der Waals surface area contributed by atoms with Crippen LogP contribution in [0.2, 0.25) is 0 Å². The minimum absolute atomic E-state index is 0.0742. The fourth-order valence-corrected chi connectivity index (χ4v) is 5.51. The molecule has 1 heterocycles. The molecule has 1 atom stereocenters. The second kappa shape index (κ2) is 7.07. The number of nitrogens with two attached hydrogens (primary N) is 1. The number of hydrogen-bond acceptors (Lipinski definition) is 3. The largest absolute Gasteiger partial charge is 0.390 e. The molecule has 134 valence electrons. The third-order valence-electron chi connectivity index (χ3n) is 6.48. The van der Waals surface area contributed by atoms with Crippen LogP contribution in [-0.4, -0.2) is 11.9 Å². The van der Waals surface area contributed by atoms with Gasteiger partial charge in [-0.3, -0.25) is 4.79 Å². The molecule has 1 aromatic rings. The third-order valence-corrected chi connectivity index (χ3v) is 7.56. The van der Waals surface area contributed by atoms with Crippen molar-refractivity contribution >= 4 is 22.2 Å². The normalized spacial score (nSPS) is 22.2. The zero-order chi connectivity index (χ0) is 17.3. The molecule has 0 radical (unpaired) electrons. The van der Waals surface area contributed by atoms with E-state index in [1.54, 1.807) is 11.3 Å². The quantitative estimate of drug-likeness (QED) is 0.810. The molecule has 0 bridgehead atoms. The molecule has 3 nitrogen and oxygen atoms in total. The number of carbonyl (C=O) groups excluding carboxylic acids is 1. The molecule has 0 aliphatic heterocycles. The highest BCUT2D eigenvalue weighted by molar-refractivity contribution is 7.16. The van der Waals surface area contributed by atoms with Gasteiger partial charge in [-0.25, -0.2) is 0 Å². The molecule has 4 heteroatoms. The Hall–Kier alpha value is -1.03. The maximum absolute atomic E-state index is 12.8. The highest BCUT2D eigenvalue weighted by Crippen LogP contribution is 2.44. The molecule has 3 N–H and O–H groups in total. The molecule has 3 rings (SSSR count). The van der Waals surface area contributed by atoms with Crippen molar-refractivity contribution in [1.82, 2.24) is 5.32 Å². The minimum atomic E-state index is 0.0742. The Bertz CT molecular complexity index is 599. The molecular formula is C20H32N2OS. The third kappa shape index (κ3) is 3.49. The molecule has 0 spiro atoms. The Labute approximate surface area is 150 Å². The van der Waals surface area contributed by atoms with Gasteiger partial charge in [0.2, 0.25) is 0 Å². The summed E-state index contributed by atoms with van der Waals surface area (Å²) in [5.41, 5.74) is 8.68. The summed E-state index contributed by atoms with van der Waals surface area (Å²) < 4.78 is 0. The van der Waals surface area contributed by atoms with Gasteiger partial charge < -0.3 is 11.1 Å². The van der Waals surface area contributed by atoms with Crippen molar-refractivity contribution in [2.45, 2.75) is 84.6 Å². The van der Waals surface area contributed by atoms with E-state index in [0.717, 1.165) is 36.2 Å². The molecule has 1 fully saturated rings. The van der Waals surface area contributed by atoms with Crippen molar-refractivity contribution in [3.8, 4) is 0 Å². The summed E-state index contributed by atoms with van der Waals surface area (Å²) in [5.74, 6) is 0.771. The lowest BCUT2D eigenvalue weighted by molar-refractivity contribution is 0.0927. The summed E-state index contributed by atoms with van der Waals surface area (Å²) in [6.07, 6.45) is 10.5. The zero-order valence-electron chi connectivity index (χ0n) is 15.4. The number of anilines is 1. The molecule has 0 saturated heterocycles. The number of fused-ring (bicyclic) bond motifs is 1. The van der Waals surface area contributed by atoms with Gasteiger partial charge >= 0.3 is 0 Å². The van der Waals surface area contributed by atoms with Gasteiger partial charge in [-0.15, -0.1) is 11.3 Å². The lowest BCUT2D eigenvalue weighted by atomic mass is 9.69. The van der Waals surface area contributed by atoms with E-state index in [-0.39, 0.29) is 5.91 Å². The summed E-state index contributed by atoms with van der Waals surface area (Å²) in [7, 11) is 0. The molecule has 24 heavy (non-hydrogen) atoms. The first-order valence-electron chi connectivity index (χ1n) is 9.63. The zero-order valence-corrected chi connectivity index (χ0v) is 16.2. The van der Waals surface area contributed by atoms with Crippen molar-refractivity contribution in [3.05, 3.63) is 16.0 Å². The molecule has 2 aliphatic carbocycles. The Morgan fingerprint density at radius 1 is 1.25 bits per heavy atom. The van der Waals surface area contributed by atoms with E-state index < -0.39 is 0 Å². The number of hydrogen-bond donors (Lipinski definition) is 2. The van der Waals surface area contributed by atoms with Crippen molar-refractivity contribution in [2.75, 3.05) is 5.73 Å². The van der Waals surface area contributed by atoms with E-state index in [0.29, 0.717) is 17.4 Å². The summed E-state index contributed by atoms with van der Waals surface area (Å²) in [6.45, 7) is 7.02. The number of carbonyl (C=O) groups is 1. The Morgan fingerprint density at radius 2 is 1.96 bits per heavy atom. The lowest BCUT2D eigenvalue weighted by Gasteiger charge is -2.36. The van der Waals surface area contributed by atoms with Gasteiger partial charge in [0.15, 0.2) is 0 Å². The molecule has 1 amide bonds. The predicted octanol–water partition coefficient (Wildman–Crippen LogP) is 4.93. The molecular weight excluding hydrogens is 316 g/mol. The Balaban J connectivity index is 1.76. The van der Waals surface area contributed by atoms with E-state index >= 15 is 0 Å². The van der Waals surface area contributed by atoms with Gasteiger partial charge in [-0.05, 0) is 49.0 Å². The predicted molar refractivity (Wildman–Crippen MR) is 103 cm³/mol. The molecule has 0 unspecified atom stereocenters. The van der Waals surface area contributed by atoms with Gasteiger partial charge in [0.25, 0.3) is 5.91 Å². The van der Waals surface area contributed by atoms with Crippen molar-refractivity contribution in [1.29, 1.82) is 0 Å².